The topological polar surface area (TPSA) is 37.4 Å². The number of imide groups is 1. The van der Waals surface area contributed by atoms with Gasteiger partial charge in [-0.15, -0.1) is 0 Å². The lowest BCUT2D eigenvalue weighted by molar-refractivity contribution is -0.137. The summed E-state index contributed by atoms with van der Waals surface area (Å²) in [4.78, 5) is 24.1. The number of anilines is 1. The molecule has 1 aromatic rings. The first kappa shape index (κ1) is 12.6. The Morgan fingerprint density at radius 3 is 1.89 bits per heavy atom. The molecule has 0 saturated carbocycles. The number of nitrogens with zero attached hydrogens (tertiary/aromatic N) is 1. The van der Waals surface area contributed by atoms with Gasteiger partial charge < -0.3 is 0 Å². The van der Waals surface area contributed by atoms with Crippen LogP contribution in [-0.2, 0) is 15.8 Å². The Bertz CT molecular complexity index is 463. The Hall–Kier alpha value is -1.85. The highest BCUT2D eigenvalue weighted by Gasteiger charge is 2.31. The lowest BCUT2D eigenvalue weighted by Gasteiger charge is -2.25. The number of rotatable bonds is 1. The summed E-state index contributed by atoms with van der Waals surface area (Å²) in [6.07, 6.45) is -3.44. The molecule has 1 heterocycles. The zero-order valence-electron chi connectivity index (χ0n) is 9.33. The number of amides is 2. The van der Waals surface area contributed by atoms with Crippen LogP contribution in [0.1, 0.15) is 24.8 Å². The maximum atomic E-state index is 12.4. The van der Waals surface area contributed by atoms with Crippen LogP contribution in [0, 0.1) is 0 Å². The summed E-state index contributed by atoms with van der Waals surface area (Å²) in [6, 6.07) is 4.02. The first-order valence-electron chi connectivity index (χ1n) is 5.42. The second-order valence-corrected chi connectivity index (χ2v) is 4.02. The molecule has 1 aromatic carbocycles. The summed E-state index contributed by atoms with van der Waals surface area (Å²) in [7, 11) is 0. The van der Waals surface area contributed by atoms with Gasteiger partial charge in [0.2, 0.25) is 11.8 Å². The van der Waals surface area contributed by atoms with Crippen molar-refractivity contribution in [2.75, 3.05) is 4.90 Å². The third-order valence-corrected chi connectivity index (χ3v) is 2.73. The van der Waals surface area contributed by atoms with Crippen molar-refractivity contribution in [2.45, 2.75) is 25.4 Å². The van der Waals surface area contributed by atoms with Crippen LogP contribution >= 0.6 is 0 Å². The quantitative estimate of drug-likeness (QED) is 0.725. The van der Waals surface area contributed by atoms with E-state index in [9.17, 15) is 22.8 Å². The Morgan fingerprint density at radius 2 is 1.44 bits per heavy atom. The van der Waals surface area contributed by atoms with Crippen LogP contribution in [0.4, 0.5) is 18.9 Å². The maximum absolute atomic E-state index is 12.4. The van der Waals surface area contributed by atoms with Gasteiger partial charge in [0.1, 0.15) is 0 Å². The second kappa shape index (κ2) is 4.44. The van der Waals surface area contributed by atoms with Gasteiger partial charge in [0, 0.05) is 12.8 Å². The molecule has 3 nitrogen and oxygen atoms in total. The lowest BCUT2D eigenvalue weighted by Crippen LogP contribution is -2.40. The summed E-state index contributed by atoms with van der Waals surface area (Å²) >= 11 is 0. The SMILES string of the molecule is O=C1CCCC(=O)N1c1ccc(C(F)(F)F)cc1. The highest BCUT2D eigenvalue weighted by molar-refractivity contribution is 6.16. The molecule has 6 heteroatoms. The van der Waals surface area contributed by atoms with Crippen LogP contribution in [0.15, 0.2) is 24.3 Å². The molecule has 2 rings (SSSR count). The van der Waals surface area contributed by atoms with Crippen molar-refractivity contribution in [1.29, 1.82) is 0 Å². The van der Waals surface area contributed by atoms with Gasteiger partial charge in [-0.05, 0) is 30.7 Å². The number of benzene rings is 1. The summed E-state index contributed by atoms with van der Waals surface area (Å²) in [5, 5.41) is 0. The molecular weight excluding hydrogens is 247 g/mol. The number of carbonyl (C=O) groups excluding carboxylic acids is 2. The molecule has 0 aliphatic carbocycles. The molecule has 0 atom stereocenters. The first-order valence-corrected chi connectivity index (χ1v) is 5.42. The van der Waals surface area contributed by atoms with Gasteiger partial charge in [-0.2, -0.15) is 13.2 Å². The summed E-state index contributed by atoms with van der Waals surface area (Å²) < 4.78 is 37.1. The van der Waals surface area contributed by atoms with Gasteiger partial charge >= 0.3 is 6.18 Å². The van der Waals surface area contributed by atoms with Gasteiger partial charge in [-0.1, -0.05) is 0 Å². The van der Waals surface area contributed by atoms with Gasteiger partial charge in [-0.3, -0.25) is 14.5 Å². The molecule has 1 fully saturated rings. The normalized spacial score (nSPS) is 17.2. The van der Waals surface area contributed by atoms with Crippen LogP contribution in [0.2, 0.25) is 0 Å². The fourth-order valence-corrected chi connectivity index (χ4v) is 1.84. The van der Waals surface area contributed by atoms with E-state index in [4.69, 9.17) is 0 Å². The molecule has 2 amide bonds. The number of hydrogen-bond donors (Lipinski definition) is 0. The molecule has 18 heavy (non-hydrogen) atoms. The summed E-state index contributed by atoms with van der Waals surface area (Å²) in [5.74, 6) is -0.739. The van der Waals surface area contributed by atoms with Crippen LogP contribution in [0.5, 0.6) is 0 Å². The van der Waals surface area contributed by atoms with E-state index in [0.29, 0.717) is 6.42 Å². The van der Waals surface area contributed by atoms with Crippen LogP contribution in [0.25, 0.3) is 0 Å². The highest BCUT2D eigenvalue weighted by atomic mass is 19.4. The van der Waals surface area contributed by atoms with Crippen molar-refractivity contribution in [1.82, 2.24) is 0 Å². The van der Waals surface area contributed by atoms with Crippen molar-refractivity contribution in [3.63, 3.8) is 0 Å². The molecule has 1 saturated heterocycles. The molecule has 0 aromatic heterocycles. The average Bonchev–Trinajstić information content (AvgIpc) is 2.28. The van der Waals surface area contributed by atoms with E-state index in [-0.39, 0.29) is 30.3 Å². The predicted molar refractivity (Wildman–Crippen MR) is 57.8 cm³/mol. The van der Waals surface area contributed by atoms with Gasteiger partial charge in [0.25, 0.3) is 0 Å². The van der Waals surface area contributed by atoms with Crippen molar-refractivity contribution in [3.05, 3.63) is 29.8 Å². The lowest BCUT2D eigenvalue weighted by atomic mass is 10.1. The molecular formula is C12H10F3NO2. The van der Waals surface area contributed by atoms with E-state index in [2.05, 4.69) is 0 Å². The minimum Gasteiger partial charge on any atom is -0.274 e. The zero-order valence-corrected chi connectivity index (χ0v) is 9.33. The van der Waals surface area contributed by atoms with Crippen LogP contribution in [-0.4, -0.2) is 11.8 Å². The molecule has 0 spiro atoms. The largest absolute Gasteiger partial charge is 0.416 e. The molecule has 0 unspecified atom stereocenters. The van der Waals surface area contributed by atoms with E-state index in [1.54, 1.807) is 0 Å². The average molecular weight is 257 g/mol. The third kappa shape index (κ3) is 2.37. The number of carbonyl (C=O) groups is 2. The minimum atomic E-state index is -4.42. The number of hydrogen-bond acceptors (Lipinski definition) is 2. The molecule has 1 aliphatic heterocycles. The predicted octanol–water partition coefficient (Wildman–Crippen LogP) is 2.75. The van der Waals surface area contributed by atoms with Gasteiger partial charge in [0.15, 0.2) is 0 Å². The Kier molecular flexibility index (Phi) is 3.11. The fourth-order valence-electron chi connectivity index (χ4n) is 1.84. The summed E-state index contributed by atoms with van der Waals surface area (Å²) in [5.41, 5.74) is -0.610. The third-order valence-electron chi connectivity index (χ3n) is 2.73. The van der Waals surface area contributed by atoms with E-state index in [1.165, 1.54) is 0 Å². The van der Waals surface area contributed by atoms with Crippen LogP contribution < -0.4 is 4.90 Å². The Morgan fingerprint density at radius 1 is 0.944 bits per heavy atom. The van der Waals surface area contributed by atoms with Crippen molar-refractivity contribution >= 4 is 17.5 Å². The monoisotopic (exact) mass is 257 g/mol. The standard InChI is InChI=1S/C12H10F3NO2/c13-12(14,15)8-4-6-9(7-5-8)16-10(17)2-1-3-11(16)18/h4-7H,1-3H2. The number of halogens is 3. The Labute approximate surface area is 101 Å². The van der Waals surface area contributed by atoms with E-state index in [0.717, 1.165) is 29.2 Å². The van der Waals surface area contributed by atoms with Gasteiger partial charge in [-0.25, -0.2) is 0 Å². The number of piperidine rings is 1. The van der Waals surface area contributed by atoms with E-state index in [1.807, 2.05) is 0 Å². The summed E-state index contributed by atoms with van der Waals surface area (Å²) in [6.45, 7) is 0. The van der Waals surface area contributed by atoms with E-state index < -0.39 is 11.7 Å². The highest BCUT2D eigenvalue weighted by Crippen LogP contribution is 2.31. The van der Waals surface area contributed by atoms with Crippen molar-refractivity contribution < 1.29 is 22.8 Å². The first-order chi connectivity index (χ1) is 8.39. The second-order valence-electron chi connectivity index (χ2n) is 4.02. The van der Waals surface area contributed by atoms with Crippen LogP contribution in [0.3, 0.4) is 0 Å². The minimum absolute atomic E-state index is 0.192. The maximum Gasteiger partial charge on any atom is 0.416 e. The smallest absolute Gasteiger partial charge is 0.274 e. The van der Waals surface area contributed by atoms with Crippen molar-refractivity contribution in [2.24, 2.45) is 0 Å². The fraction of sp³-hybridized carbons (Fsp3) is 0.333. The zero-order chi connectivity index (χ0) is 13.3. The molecule has 0 radical (unpaired) electrons. The van der Waals surface area contributed by atoms with Gasteiger partial charge in [0.05, 0.1) is 11.3 Å². The van der Waals surface area contributed by atoms with Crippen molar-refractivity contribution in [3.8, 4) is 0 Å². The molecule has 96 valence electrons. The molecule has 1 aliphatic rings. The Balaban J connectivity index is 2.29. The number of alkyl halides is 3. The molecule has 0 N–H and O–H groups in total. The molecule has 0 bridgehead atoms. The van der Waals surface area contributed by atoms with E-state index >= 15 is 0 Å².